The monoisotopic (exact) mass is 544 g/mol. The molecule has 0 aliphatic rings. The first kappa shape index (κ1) is 27.5. The first-order valence-electron chi connectivity index (χ1n) is 10.9. The Morgan fingerprint density at radius 3 is 2.31 bits per heavy atom. The summed E-state index contributed by atoms with van der Waals surface area (Å²) in [4.78, 5) is 12.7. The zero-order chi connectivity index (χ0) is 26.5. The number of nitrogens with two attached hydrogens (primary N) is 1. The van der Waals surface area contributed by atoms with E-state index in [2.05, 4.69) is 0 Å². The molecule has 0 saturated carbocycles. The molecule has 1 amide bonds. The minimum Gasteiger partial charge on any atom is -0.398 e. The van der Waals surface area contributed by atoms with Gasteiger partial charge in [-0.05, 0) is 76.4 Å². The van der Waals surface area contributed by atoms with E-state index in [-0.39, 0.29) is 0 Å². The van der Waals surface area contributed by atoms with Crippen molar-refractivity contribution in [3.63, 3.8) is 0 Å². The molecule has 36 heavy (non-hydrogen) atoms. The van der Waals surface area contributed by atoms with Crippen LogP contribution in [-0.2, 0) is 14.8 Å². The number of thioether (sulfide) groups is 1. The van der Waals surface area contributed by atoms with Gasteiger partial charge in [0.2, 0.25) is 10.0 Å². The molecule has 0 saturated heterocycles. The Hall–Kier alpha value is -3.07. The van der Waals surface area contributed by atoms with Crippen molar-refractivity contribution in [1.82, 2.24) is 4.72 Å². The Kier molecular flexibility index (Phi) is 9.00. The number of benzene rings is 3. The summed E-state index contributed by atoms with van der Waals surface area (Å²) < 4.78 is 38.1. The lowest BCUT2D eigenvalue weighted by molar-refractivity contribution is -0.114. The van der Waals surface area contributed by atoms with Crippen molar-refractivity contribution in [2.75, 3.05) is 18.2 Å². The average molecular weight is 545 g/mol. The third kappa shape index (κ3) is 7.00. The maximum Gasteiger partial charge on any atom is 0.257 e. The van der Waals surface area contributed by atoms with E-state index >= 15 is 0 Å². The number of carbonyl (C=O) groups excluding carboxylic acids is 1. The Morgan fingerprint density at radius 1 is 1.08 bits per heavy atom. The standard InChI is InChI=1S/C27H26ClFN2O3S2/c1-4-21(22-12-11-20(29)16-23(22)28)27(19-10-13-25(35-2)24(30)15-19)18-8-5-17(6-9-18)7-14-26(32)31-36(3,33)34/h5-16H,4,30H2,1-3H3,(H,31,32)/b14-7+,27-21+. The SMILES string of the molecule is CC/C(=C(/c1ccc(/C=C/C(=O)NS(C)(=O)=O)cc1)c1ccc(SC)c(N)c1)c1ccc(F)cc1Cl. The molecule has 5 nitrogen and oxygen atoms in total. The second-order valence-corrected chi connectivity index (χ2v) is 11.0. The Morgan fingerprint density at radius 2 is 1.75 bits per heavy atom. The zero-order valence-corrected chi connectivity index (χ0v) is 22.4. The van der Waals surface area contributed by atoms with Crippen molar-refractivity contribution in [1.29, 1.82) is 0 Å². The van der Waals surface area contributed by atoms with Crippen LogP contribution < -0.4 is 10.5 Å². The summed E-state index contributed by atoms with van der Waals surface area (Å²) in [5.74, 6) is -1.14. The van der Waals surface area contributed by atoms with Crippen molar-refractivity contribution < 1.29 is 17.6 Å². The van der Waals surface area contributed by atoms with Gasteiger partial charge in [0, 0.05) is 16.7 Å². The van der Waals surface area contributed by atoms with Gasteiger partial charge in [-0.2, -0.15) is 0 Å². The van der Waals surface area contributed by atoms with E-state index < -0.39 is 21.7 Å². The number of halogens is 2. The average Bonchev–Trinajstić information content (AvgIpc) is 2.81. The number of anilines is 1. The van der Waals surface area contributed by atoms with Gasteiger partial charge in [-0.25, -0.2) is 17.5 Å². The number of hydrogen-bond acceptors (Lipinski definition) is 5. The van der Waals surface area contributed by atoms with Crippen LogP contribution >= 0.6 is 23.4 Å². The molecule has 0 bridgehead atoms. The molecule has 0 fully saturated rings. The van der Waals surface area contributed by atoms with Crippen LogP contribution in [0.4, 0.5) is 10.1 Å². The van der Waals surface area contributed by atoms with Crippen LogP contribution in [0.5, 0.6) is 0 Å². The minimum atomic E-state index is -3.63. The van der Waals surface area contributed by atoms with Crippen LogP contribution in [0.3, 0.4) is 0 Å². The Bertz CT molecular complexity index is 1450. The molecule has 9 heteroatoms. The van der Waals surface area contributed by atoms with Crippen LogP contribution in [-0.4, -0.2) is 26.8 Å². The number of rotatable bonds is 8. The molecule has 0 aliphatic heterocycles. The number of nitrogens with one attached hydrogen (secondary N) is 1. The van der Waals surface area contributed by atoms with Crippen molar-refractivity contribution in [2.45, 2.75) is 18.2 Å². The molecule has 0 unspecified atom stereocenters. The van der Waals surface area contributed by atoms with Gasteiger partial charge >= 0.3 is 0 Å². The quantitative estimate of drug-likeness (QED) is 0.152. The molecule has 3 aromatic rings. The molecule has 0 aliphatic carbocycles. The van der Waals surface area contributed by atoms with Gasteiger partial charge in [0.1, 0.15) is 5.82 Å². The number of allylic oxidation sites excluding steroid dienone is 1. The van der Waals surface area contributed by atoms with Gasteiger partial charge in [-0.15, -0.1) is 11.8 Å². The molecule has 188 valence electrons. The highest BCUT2D eigenvalue weighted by molar-refractivity contribution is 7.98. The first-order chi connectivity index (χ1) is 17.0. The van der Waals surface area contributed by atoms with Gasteiger partial charge < -0.3 is 5.73 Å². The summed E-state index contributed by atoms with van der Waals surface area (Å²) in [5.41, 5.74) is 12.0. The molecular weight excluding hydrogens is 519 g/mol. The Labute approximate surface area is 220 Å². The summed E-state index contributed by atoms with van der Waals surface area (Å²) in [5, 5.41) is 0.314. The molecule has 0 spiro atoms. The van der Waals surface area contributed by atoms with Crippen molar-refractivity contribution in [3.8, 4) is 0 Å². The van der Waals surface area contributed by atoms with Crippen LogP contribution in [0.25, 0.3) is 17.2 Å². The number of nitrogen functional groups attached to an aromatic ring is 1. The molecule has 0 aromatic heterocycles. The van der Waals surface area contributed by atoms with Gasteiger partial charge in [0.25, 0.3) is 5.91 Å². The normalized spacial score (nSPS) is 12.5. The number of hydrogen-bond donors (Lipinski definition) is 2. The third-order valence-corrected chi connectivity index (χ3v) is 7.04. The number of sulfonamides is 1. The van der Waals surface area contributed by atoms with E-state index in [0.29, 0.717) is 22.7 Å². The third-order valence-electron chi connectivity index (χ3n) is 5.34. The smallest absolute Gasteiger partial charge is 0.257 e. The van der Waals surface area contributed by atoms with Gasteiger partial charge in [-0.3, -0.25) is 4.79 Å². The minimum absolute atomic E-state index is 0.314. The van der Waals surface area contributed by atoms with Crippen LogP contribution in [0.15, 0.2) is 71.6 Å². The summed E-state index contributed by atoms with van der Waals surface area (Å²) >= 11 is 8.01. The van der Waals surface area contributed by atoms with Crippen molar-refractivity contribution in [3.05, 3.63) is 99.8 Å². The maximum atomic E-state index is 13.8. The summed E-state index contributed by atoms with van der Waals surface area (Å²) in [7, 11) is -3.63. The zero-order valence-electron chi connectivity index (χ0n) is 20.0. The largest absolute Gasteiger partial charge is 0.398 e. The second-order valence-electron chi connectivity index (χ2n) is 7.98. The van der Waals surface area contributed by atoms with E-state index in [4.69, 9.17) is 17.3 Å². The molecule has 0 heterocycles. The van der Waals surface area contributed by atoms with Crippen LogP contribution in [0.1, 0.15) is 35.6 Å². The van der Waals surface area contributed by atoms with Crippen LogP contribution in [0.2, 0.25) is 5.02 Å². The number of amides is 1. The lowest BCUT2D eigenvalue weighted by Gasteiger charge is -2.18. The van der Waals surface area contributed by atoms with E-state index in [1.807, 2.05) is 60.4 Å². The highest BCUT2D eigenvalue weighted by Gasteiger charge is 2.17. The second kappa shape index (κ2) is 11.8. The lowest BCUT2D eigenvalue weighted by atomic mass is 9.87. The highest BCUT2D eigenvalue weighted by atomic mass is 35.5. The van der Waals surface area contributed by atoms with Crippen molar-refractivity contribution >= 4 is 62.2 Å². The fourth-order valence-corrected chi connectivity index (χ4v) is 5.00. The summed E-state index contributed by atoms with van der Waals surface area (Å²) in [6, 6.07) is 17.7. The van der Waals surface area contributed by atoms with Gasteiger partial charge in [-0.1, -0.05) is 54.9 Å². The fourth-order valence-electron chi connectivity index (χ4n) is 3.79. The van der Waals surface area contributed by atoms with Crippen molar-refractivity contribution in [2.24, 2.45) is 0 Å². The summed E-state index contributed by atoms with van der Waals surface area (Å²) in [6.07, 6.45) is 6.18. The topological polar surface area (TPSA) is 89.3 Å². The Balaban J connectivity index is 2.13. The predicted octanol–water partition coefficient (Wildman–Crippen LogP) is 6.24. The van der Waals surface area contributed by atoms with Gasteiger partial charge in [0.15, 0.2) is 0 Å². The lowest BCUT2D eigenvalue weighted by Crippen LogP contribution is -2.27. The summed E-state index contributed by atoms with van der Waals surface area (Å²) in [6.45, 7) is 2.01. The van der Waals surface area contributed by atoms with E-state index in [9.17, 15) is 17.6 Å². The fraction of sp³-hybridized carbons (Fsp3) is 0.148. The highest BCUT2D eigenvalue weighted by Crippen LogP contribution is 2.39. The van der Waals surface area contributed by atoms with E-state index in [1.165, 1.54) is 18.2 Å². The first-order valence-corrected chi connectivity index (χ1v) is 14.4. The van der Waals surface area contributed by atoms with Gasteiger partial charge in [0.05, 0.1) is 11.3 Å². The predicted molar refractivity (Wildman–Crippen MR) is 149 cm³/mol. The van der Waals surface area contributed by atoms with E-state index in [1.54, 1.807) is 17.8 Å². The molecule has 0 radical (unpaired) electrons. The molecule has 3 aromatic carbocycles. The molecule has 3 rings (SSSR count). The number of carbonyl (C=O) groups is 1. The van der Waals surface area contributed by atoms with E-state index in [0.717, 1.165) is 45.1 Å². The molecule has 3 N–H and O–H groups in total. The maximum absolute atomic E-state index is 13.8. The molecular formula is C27H26ClFN2O3S2. The molecule has 0 atom stereocenters. The van der Waals surface area contributed by atoms with Crippen LogP contribution in [0, 0.1) is 5.82 Å².